The highest BCUT2D eigenvalue weighted by Gasteiger charge is 2.16. The van der Waals surface area contributed by atoms with Crippen LogP contribution >= 0.6 is 22.7 Å². The van der Waals surface area contributed by atoms with E-state index in [2.05, 4.69) is 38.3 Å². The number of thiophene rings is 1. The number of fused-ring (bicyclic) bond motifs is 2. The minimum Gasteiger partial charge on any atom is -0.383 e. The molecule has 0 atom stereocenters. The Balaban J connectivity index is 1.62. The van der Waals surface area contributed by atoms with Gasteiger partial charge in [-0.15, -0.1) is 22.7 Å². The Morgan fingerprint density at radius 1 is 1.03 bits per heavy atom. The van der Waals surface area contributed by atoms with Gasteiger partial charge in [-0.2, -0.15) is 0 Å². The number of nitrogens with two attached hydrogens (primary N) is 1. The first kappa shape index (κ1) is 19.9. The molecule has 3 N–H and O–H groups in total. The SMILES string of the molecule is Cc1nc2cc(-c3csc4c(-c5ccc(NS(C)(=O)=O)cc5)cnc(N)c34)ccc2s1. The monoisotopic (exact) mass is 466 g/mol. The molecule has 3 aromatic heterocycles. The van der Waals surface area contributed by atoms with E-state index in [1.165, 1.54) is 0 Å². The Morgan fingerprint density at radius 3 is 2.52 bits per heavy atom. The number of aryl methyl sites for hydroxylation is 1. The van der Waals surface area contributed by atoms with Gasteiger partial charge in [-0.25, -0.2) is 18.4 Å². The van der Waals surface area contributed by atoms with Crippen molar-refractivity contribution in [1.82, 2.24) is 9.97 Å². The summed E-state index contributed by atoms with van der Waals surface area (Å²) in [7, 11) is -3.32. The van der Waals surface area contributed by atoms with E-state index >= 15 is 0 Å². The van der Waals surface area contributed by atoms with Crippen molar-refractivity contribution in [3.05, 3.63) is 59.0 Å². The van der Waals surface area contributed by atoms with Gasteiger partial charge in [0, 0.05) is 33.1 Å². The molecule has 156 valence electrons. The number of pyridine rings is 1. The molecule has 0 spiro atoms. The maximum absolute atomic E-state index is 11.5. The van der Waals surface area contributed by atoms with Crippen LogP contribution in [0, 0.1) is 6.92 Å². The zero-order valence-corrected chi connectivity index (χ0v) is 19.2. The lowest BCUT2D eigenvalue weighted by Gasteiger charge is -2.08. The van der Waals surface area contributed by atoms with Gasteiger partial charge in [0.25, 0.3) is 0 Å². The highest BCUT2D eigenvalue weighted by Crippen LogP contribution is 2.42. The van der Waals surface area contributed by atoms with Crippen molar-refractivity contribution in [3.8, 4) is 22.3 Å². The zero-order valence-electron chi connectivity index (χ0n) is 16.7. The summed E-state index contributed by atoms with van der Waals surface area (Å²) in [5.74, 6) is 0.486. The molecule has 5 aromatic rings. The minimum absolute atomic E-state index is 0.486. The van der Waals surface area contributed by atoms with Crippen LogP contribution in [-0.2, 0) is 10.0 Å². The molecule has 0 aliphatic heterocycles. The Labute approximate surface area is 187 Å². The lowest BCUT2D eigenvalue weighted by Crippen LogP contribution is -2.09. The van der Waals surface area contributed by atoms with Gasteiger partial charge >= 0.3 is 0 Å². The summed E-state index contributed by atoms with van der Waals surface area (Å²) in [5.41, 5.74) is 11.8. The number of thiazole rings is 1. The Morgan fingerprint density at radius 2 is 1.77 bits per heavy atom. The largest absolute Gasteiger partial charge is 0.383 e. The topological polar surface area (TPSA) is 98.0 Å². The number of benzene rings is 2. The molecular formula is C22H18N4O2S3. The molecule has 5 rings (SSSR count). The molecule has 6 nitrogen and oxygen atoms in total. The van der Waals surface area contributed by atoms with E-state index in [1.807, 2.05) is 19.1 Å². The van der Waals surface area contributed by atoms with Crippen molar-refractivity contribution in [2.75, 3.05) is 16.7 Å². The summed E-state index contributed by atoms with van der Waals surface area (Å²) in [4.78, 5) is 9.06. The fourth-order valence-corrected chi connectivity index (χ4v) is 6.12. The van der Waals surface area contributed by atoms with Crippen LogP contribution in [0.5, 0.6) is 0 Å². The molecule has 0 aliphatic rings. The predicted molar refractivity (Wildman–Crippen MR) is 131 cm³/mol. The zero-order chi connectivity index (χ0) is 21.8. The van der Waals surface area contributed by atoms with Crippen molar-refractivity contribution in [2.24, 2.45) is 0 Å². The molecule has 3 heterocycles. The van der Waals surface area contributed by atoms with Gasteiger partial charge in [0.05, 0.1) is 21.5 Å². The lowest BCUT2D eigenvalue weighted by atomic mass is 10.0. The van der Waals surface area contributed by atoms with Crippen LogP contribution in [0.1, 0.15) is 5.01 Å². The molecule has 9 heteroatoms. The second-order valence-corrected chi connectivity index (χ2v) is 11.1. The standard InChI is InChI=1S/C22H18N4O2S3/c1-12-25-18-9-14(5-8-19(18)30-12)17-11-29-21-16(10-24-22(23)20(17)21)13-3-6-15(7-4-13)26-31(2,27)28/h3-11,26H,1-2H3,(H2,23,24). The van der Waals surface area contributed by atoms with Crippen LogP contribution in [0.25, 0.3) is 42.6 Å². The number of nitrogens with zero attached hydrogens (tertiary/aromatic N) is 2. The lowest BCUT2D eigenvalue weighted by molar-refractivity contribution is 0.607. The average molecular weight is 467 g/mol. The summed E-state index contributed by atoms with van der Waals surface area (Å²) < 4.78 is 27.6. The fraction of sp³-hybridized carbons (Fsp3) is 0.0909. The first-order chi connectivity index (χ1) is 14.8. The van der Waals surface area contributed by atoms with Gasteiger partial charge in [0.15, 0.2) is 0 Å². The molecule has 0 unspecified atom stereocenters. The van der Waals surface area contributed by atoms with E-state index in [0.717, 1.165) is 53.8 Å². The number of hydrogen-bond donors (Lipinski definition) is 2. The van der Waals surface area contributed by atoms with Crippen LogP contribution in [-0.4, -0.2) is 24.6 Å². The van der Waals surface area contributed by atoms with E-state index in [1.54, 1.807) is 41.0 Å². The van der Waals surface area contributed by atoms with Gasteiger partial charge < -0.3 is 5.73 Å². The minimum atomic E-state index is -3.32. The van der Waals surface area contributed by atoms with Gasteiger partial charge in [0.2, 0.25) is 10.0 Å². The Kier molecular flexibility index (Phi) is 4.69. The van der Waals surface area contributed by atoms with Crippen LogP contribution in [0.15, 0.2) is 54.0 Å². The molecule has 31 heavy (non-hydrogen) atoms. The molecule has 2 aromatic carbocycles. The third kappa shape index (κ3) is 3.76. The summed E-state index contributed by atoms with van der Waals surface area (Å²) in [6, 6.07) is 13.5. The van der Waals surface area contributed by atoms with E-state index in [-0.39, 0.29) is 0 Å². The molecule has 0 bridgehead atoms. The van der Waals surface area contributed by atoms with Gasteiger partial charge in [-0.1, -0.05) is 18.2 Å². The van der Waals surface area contributed by atoms with E-state index in [0.29, 0.717) is 11.5 Å². The van der Waals surface area contributed by atoms with Crippen molar-refractivity contribution in [2.45, 2.75) is 6.92 Å². The first-order valence-corrected chi connectivity index (χ1v) is 13.0. The molecule has 0 saturated carbocycles. The molecule has 0 fully saturated rings. The molecule has 0 aliphatic carbocycles. The quantitative estimate of drug-likeness (QED) is 0.364. The highest BCUT2D eigenvalue weighted by atomic mass is 32.2. The summed E-state index contributed by atoms with van der Waals surface area (Å²) in [6.07, 6.45) is 2.90. The predicted octanol–water partition coefficient (Wildman–Crippen LogP) is 5.50. The van der Waals surface area contributed by atoms with E-state index in [4.69, 9.17) is 5.73 Å². The van der Waals surface area contributed by atoms with Crippen molar-refractivity contribution >= 4 is 64.5 Å². The highest BCUT2D eigenvalue weighted by molar-refractivity contribution is 7.92. The number of nitrogens with one attached hydrogen (secondary N) is 1. The maximum atomic E-state index is 11.5. The number of rotatable bonds is 4. The molecule has 0 amide bonds. The molecule has 0 saturated heterocycles. The van der Waals surface area contributed by atoms with Crippen molar-refractivity contribution < 1.29 is 8.42 Å². The second kappa shape index (κ2) is 7.30. The van der Waals surface area contributed by atoms with Gasteiger partial charge in [0.1, 0.15) is 5.82 Å². The van der Waals surface area contributed by atoms with Crippen LogP contribution in [0.4, 0.5) is 11.5 Å². The Bertz CT molecular complexity index is 1550. The van der Waals surface area contributed by atoms with Gasteiger partial charge in [-0.3, -0.25) is 4.72 Å². The average Bonchev–Trinajstić information content (AvgIpc) is 3.31. The Hall–Kier alpha value is -3.01. The molecule has 0 radical (unpaired) electrons. The van der Waals surface area contributed by atoms with Gasteiger partial charge in [-0.05, 0) is 47.7 Å². The van der Waals surface area contributed by atoms with Crippen LogP contribution < -0.4 is 10.5 Å². The molecular weight excluding hydrogens is 448 g/mol. The van der Waals surface area contributed by atoms with Crippen molar-refractivity contribution in [1.29, 1.82) is 0 Å². The number of anilines is 2. The third-order valence-electron chi connectivity index (χ3n) is 4.93. The number of nitrogen functional groups attached to an aromatic ring is 1. The smallest absolute Gasteiger partial charge is 0.229 e. The normalized spacial score (nSPS) is 11.9. The second-order valence-electron chi connectivity index (χ2n) is 7.28. The first-order valence-electron chi connectivity index (χ1n) is 9.40. The number of aromatic nitrogens is 2. The summed E-state index contributed by atoms with van der Waals surface area (Å²) >= 11 is 3.30. The number of sulfonamides is 1. The maximum Gasteiger partial charge on any atom is 0.229 e. The summed E-state index contributed by atoms with van der Waals surface area (Å²) in [6.45, 7) is 2.01. The number of hydrogen-bond acceptors (Lipinski definition) is 7. The van der Waals surface area contributed by atoms with E-state index < -0.39 is 10.0 Å². The third-order valence-corrected chi connectivity index (χ3v) is 7.50. The van der Waals surface area contributed by atoms with Crippen LogP contribution in [0.2, 0.25) is 0 Å². The van der Waals surface area contributed by atoms with E-state index in [9.17, 15) is 8.42 Å². The van der Waals surface area contributed by atoms with Crippen molar-refractivity contribution in [3.63, 3.8) is 0 Å². The fourth-order valence-electron chi connectivity index (χ4n) is 3.63. The van der Waals surface area contributed by atoms with Crippen LogP contribution in [0.3, 0.4) is 0 Å². The summed E-state index contributed by atoms with van der Waals surface area (Å²) in [5, 5.41) is 4.07.